The number of hydrogen-bond donors (Lipinski definition) is 2. The van der Waals surface area contributed by atoms with Gasteiger partial charge < -0.3 is 15.2 Å². The number of aromatic nitrogens is 1. The predicted octanol–water partition coefficient (Wildman–Crippen LogP) is 5.97. The van der Waals surface area contributed by atoms with E-state index in [4.69, 9.17) is 4.74 Å². The highest BCUT2D eigenvalue weighted by atomic mass is 32.1. The molecule has 0 bridgehead atoms. The predicted molar refractivity (Wildman–Crippen MR) is 135 cm³/mol. The number of carboxylic acids is 1. The number of rotatable bonds is 7. The molecule has 1 amide bonds. The van der Waals surface area contributed by atoms with Crippen LogP contribution in [0.5, 0.6) is 0 Å². The maximum absolute atomic E-state index is 13.0. The minimum absolute atomic E-state index is 0.0115. The summed E-state index contributed by atoms with van der Waals surface area (Å²) >= 11 is 1.27. The summed E-state index contributed by atoms with van der Waals surface area (Å²) in [5.74, 6) is -1.12. The lowest BCUT2D eigenvalue weighted by Crippen LogP contribution is -2.31. The van der Waals surface area contributed by atoms with E-state index in [-0.39, 0.29) is 18.2 Å². The normalized spacial score (nSPS) is 13.1. The molecule has 0 saturated heterocycles. The van der Waals surface area contributed by atoms with Crippen LogP contribution in [0.3, 0.4) is 0 Å². The molecule has 1 aliphatic carbocycles. The van der Waals surface area contributed by atoms with Gasteiger partial charge in [0.15, 0.2) is 5.69 Å². The maximum atomic E-state index is 13.0. The fourth-order valence-electron chi connectivity index (χ4n) is 4.60. The topological polar surface area (TPSA) is 88.5 Å². The highest BCUT2D eigenvalue weighted by molar-refractivity contribution is 7.12. The second-order valence-electron chi connectivity index (χ2n) is 8.47. The van der Waals surface area contributed by atoms with Crippen LogP contribution < -0.4 is 5.32 Å². The zero-order valence-corrected chi connectivity index (χ0v) is 19.9. The molecule has 1 heterocycles. The molecule has 6 nitrogen and oxygen atoms in total. The second kappa shape index (κ2) is 9.72. The van der Waals surface area contributed by atoms with Crippen LogP contribution in [-0.2, 0) is 11.2 Å². The quantitative estimate of drug-likeness (QED) is 0.337. The van der Waals surface area contributed by atoms with Crippen molar-refractivity contribution in [3.05, 3.63) is 111 Å². The third-order valence-corrected chi connectivity index (χ3v) is 7.32. The molecule has 0 saturated carbocycles. The van der Waals surface area contributed by atoms with E-state index in [1.54, 1.807) is 6.92 Å². The number of carbonyl (C=O) groups is 2. The summed E-state index contributed by atoms with van der Waals surface area (Å²) in [6.45, 7) is 1.92. The third kappa shape index (κ3) is 4.68. The van der Waals surface area contributed by atoms with E-state index in [9.17, 15) is 14.7 Å². The van der Waals surface area contributed by atoms with Crippen LogP contribution in [0.2, 0.25) is 0 Å². The Bertz CT molecular complexity index is 1340. The molecule has 7 heteroatoms. The van der Waals surface area contributed by atoms with Gasteiger partial charge in [0.1, 0.15) is 11.6 Å². The SMILES string of the molecule is Cc1sc([C@H](Cc2ccccc2)NC(=O)OCC2c3ccccc3-c3ccccc32)nc1C(=O)O. The Morgan fingerprint density at radius 1 is 0.971 bits per heavy atom. The number of alkyl carbamates (subject to hydrolysis) is 1. The highest BCUT2D eigenvalue weighted by Crippen LogP contribution is 2.44. The molecule has 1 aromatic heterocycles. The van der Waals surface area contributed by atoms with Crippen molar-refractivity contribution in [3.8, 4) is 11.1 Å². The molecule has 0 aliphatic heterocycles. The zero-order chi connectivity index (χ0) is 24.4. The van der Waals surface area contributed by atoms with Crippen molar-refractivity contribution in [1.29, 1.82) is 0 Å². The Labute approximate surface area is 207 Å². The molecule has 4 aromatic rings. The molecule has 5 rings (SSSR count). The van der Waals surface area contributed by atoms with Crippen LogP contribution in [0.15, 0.2) is 78.9 Å². The molecule has 35 heavy (non-hydrogen) atoms. The monoisotopic (exact) mass is 484 g/mol. The first-order chi connectivity index (χ1) is 17.0. The first-order valence-electron chi connectivity index (χ1n) is 11.4. The summed E-state index contributed by atoms with van der Waals surface area (Å²) in [5, 5.41) is 12.9. The zero-order valence-electron chi connectivity index (χ0n) is 19.1. The summed E-state index contributed by atoms with van der Waals surface area (Å²) in [6.07, 6.45) is -0.0886. The average molecular weight is 485 g/mol. The van der Waals surface area contributed by atoms with E-state index in [0.29, 0.717) is 16.3 Å². The number of carboxylic acid groups (broad SMARTS) is 1. The van der Waals surface area contributed by atoms with E-state index in [2.05, 4.69) is 34.6 Å². The molecule has 0 radical (unpaired) electrons. The van der Waals surface area contributed by atoms with Crippen LogP contribution in [0.4, 0.5) is 4.79 Å². The highest BCUT2D eigenvalue weighted by Gasteiger charge is 2.30. The van der Waals surface area contributed by atoms with Gasteiger partial charge in [0, 0.05) is 10.8 Å². The lowest BCUT2D eigenvalue weighted by Gasteiger charge is -2.19. The van der Waals surface area contributed by atoms with Gasteiger partial charge in [-0.15, -0.1) is 11.3 Å². The van der Waals surface area contributed by atoms with Crippen molar-refractivity contribution in [2.24, 2.45) is 0 Å². The first-order valence-corrected chi connectivity index (χ1v) is 12.2. The summed E-state index contributed by atoms with van der Waals surface area (Å²) in [4.78, 5) is 29.4. The van der Waals surface area contributed by atoms with Crippen molar-refractivity contribution >= 4 is 23.4 Å². The molecular weight excluding hydrogens is 460 g/mol. The van der Waals surface area contributed by atoms with Gasteiger partial charge in [-0.25, -0.2) is 14.6 Å². The number of benzene rings is 3. The number of aromatic carboxylic acids is 1. The Hall–Kier alpha value is -3.97. The fourth-order valence-corrected chi connectivity index (χ4v) is 5.56. The van der Waals surface area contributed by atoms with Crippen LogP contribution in [0, 0.1) is 6.92 Å². The molecule has 2 N–H and O–H groups in total. The van der Waals surface area contributed by atoms with Gasteiger partial charge in [0.25, 0.3) is 0 Å². The summed E-state index contributed by atoms with van der Waals surface area (Å²) in [7, 11) is 0. The molecule has 1 atom stereocenters. The molecule has 0 fully saturated rings. The molecule has 3 aromatic carbocycles. The van der Waals surface area contributed by atoms with Crippen molar-refractivity contribution in [2.45, 2.75) is 25.3 Å². The number of ether oxygens (including phenoxy) is 1. The summed E-state index contributed by atoms with van der Waals surface area (Å²) in [5.41, 5.74) is 5.63. The van der Waals surface area contributed by atoms with Crippen molar-refractivity contribution in [1.82, 2.24) is 10.3 Å². The average Bonchev–Trinajstić information content (AvgIpc) is 3.41. The largest absolute Gasteiger partial charge is 0.476 e. The number of carbonyl (C=O) groups excluding carboxylic acids is 1. The van der Waals surface area contributed by atoms with Gasteiger partial charge >= 0.3 is 12.1 Å². The smallest absolute Gasteiger partial charge is 0.407 e. The summed E-state index contributed by atoms with van der Waals surface area (Å²) in [6, 6.07) is 25.6. The van der Waals surface area contributed by atoms with Gasteiger partial charge in [-0.05, 0) is 41.2 Å². The molecule has 176 valence electrons. The van der Waals surface area contributed by atoms with Gasteiger partial charge in [0.2, 0.25) is 0 Å². The van der Waals surface area contributed by atoms with Gasteiger partial charge in [-0.1, -0.05) is 78.9 Å². The lowest BCUT2D eigenvalue weighted by atomic mass is 9.98. The summed E-state index contributed by atoms with van der Waals surface area (Å²) < 4.78 is 5.72. The second-order valence-corrected chi connectivity index (χ2v) is 9.71. The van der Waals surface area contributed by atoms with Crippen molar-refractivity contribution in [3.63, 3.8) is 0 Å². The van der Waals surface area contributed by atoms with Crippen molar-refractivity contribution < 1.29 is 19.4 Å². The lowest BCUT2D eigenvalue weighted by molar-refractivity contribution is 0.0690. The Morgan fingerprint density at radius 2 is 1.57 bits per heavy atom. The minimum atomic E-state index is -1.08. The number of fused-ring (bicyclic) bond motifs is 3. The Kier molecular flexibility index (Phi) is 6.33. The van der Waals surface area contributed by atoms with E-state index >= 15 is 0 Å². The van der Waals surface area contributed by atoms with Crippen LogP contribution in [-0.4, -0.2) is 28.8 Å². The van der Waals surface area contributed by atoms with Crippen molar-refractivity contribution in [2.75, 3.05) is 6.61 Å². The first kappa shape index (κ1) is 22.8. The van der Waals surface area contributed by atoms with Gasteiger partial charge in [-0.2, -0.15) is 0 Å². The Morgan fingerprint density at radius 3 is 2.17 bits per heavy atom. The molecule has 1 aliphatic rings. The third-order valence-electron chi connectivity index (χ3n) is 6.23. The van der Waals surface area contributed by atoms with Crippen LogP contribution >= 0.6 is 11.3 Å². The van der Waals surface area contributed by atoms with E-state index in [1.165, 1.54) is 22.5 Å². The number of amides is 1. The van der Waals surface area contributed by atoms with Crippen LogP contribution in [0.25, 0.3) is 11.1 Å². The number of hydrogen-bond acceptors (Lipinski definition) is 5. The van der Waals surface area contributed by atoms with E-state index < -0.39 is 18.1 Å². The van der Waals surface area contributed by atoms with Crippen LogP contribution in [0.1, 0.15) is 49.0 Å². The molecular formula is C28H24N2O4S. The maximum Gasteiger partial charge on any atom is 0.407 e. The van der Waals surface area contributed by atoms with E-state index in [1.807, 2.05) is 54.6 Å². The standard InChI is InChI=1S/C28H24N2O4S/c1-17-25(27(31)32)30-26(35-17)24(15-18-9-3-2-4-10-18)29-28(33)34-16-23-21-13-7-5-11-19(21)20-12-6-8-14-22(20)23/h2-14,23-24H,15-16H2,1H3,(H,29,33)(H,31,32)/t24-/m0/s1. The number of nitrogens with one attached hydrogen (secondary N) is 1. The van der Waals surface area contributed by atoms with Gasteiger partial charge in [0.05, 0.1) is 6.04 Å². The number of nitrogens with zero attached hydrogens (tertiary/aromatic N) is 1. The van der Waals surface area contributed by atoms with Gasteiger partial charge in [-0.3, -0.25) is 0 Å². The van der Waals surface area contributed by atoms with E-state index in [0.717, 1.165) is 16.7 Å². The fraction of sp³-hybridized carbons (Fsp3) is 0.179. The Balaban J connectivity index is 1.34. The minimum Gasteiger partial charge on any atom is -0.476 e. The molecule has 0 unspecified atom stereocenters. The molecule has 0 spiro atoms. The number of aryl methyl sites for hydroxylation is 1. The number of thiazole rings is 1.